The van der Waals surface area contributed by atoms with Gasteiger partial charge in [-0.2, -0.15) is 10.0 Å². The van der Waals surface area contributed by atoms with Crippen LogP contribution in [0.25, 0.3) is 0 Å². The fourth-order valence-corrected chi connectivity index (χ4v) is 3.66. The van der Waals surface area contributed by atoms with E-state index in [-0.39, 0.29) is 23.9 Å². The Morgan fingerprint density at radius 3 is 1.82 bits per heavy atom. The highest BCUT2D eigenvalue weighted by molar-refractivity contribution is 6.21. The highest BCUT2D eigenvalue weighted by atomic mass is 16.2. The fourth-order valence-electron chi connectivity index (χ4n) is 3.66. The molecule has 4 nitrogen and oxygen atoms in total. The molecule has 5 rings (SSSR count). The van der Waals surface area contributed by atoms with Crippen LogP contribution in [0.3, 0.4) is 0 Å². The number of rotatable bonds is 2. The molecule has 0 radical (unpaired) electrons. The van der Waals surface area contributed by atoms with Crippen LogP contribution < -0.4 is 0 Å². The minimum absolute atomic E-state index is 0.125. The molecule has 1 fully saturated rings. The number of imide groups is 1. The molecule has 134 valence electrons. The zero-order valence-corrected chi connectivity index (χ0v) is 14.9. The van der Waals surface area contributed by atoms with Gasteiger partial charge in [-0.05, 0) is 29.8 Å². The van der Waals surface area contributed by atoms with Crippen LogP contribution in [0.5, 0.6) is 0 Å². The van der Waals surface area contributed by atoms with Gasteiger partial charge in [-0.15, -0.1) is 0 Å². The Morgan fingerprint density at radius 2 is 1.21 bits per heavy atom. The van der Waals surface area contributed by atoms with Crippen LogP contribution in [0.4, 0.5) is 0 Å². The maximum Gasteiger partial charge on any atom is 0.276 e. The molecule has 1 saturated heterocycles. The predicted octanol–water partition coefficient (Wildman–Crippen LogP) is 3.67. The van der Waals surface area contributed by atoms with Gasteiger partial charge in [0.2, 0.25) is 0 Å². The topological polar surface area (TPSA) is 40.4 Å². The number of fused-ring (bicyclic) bond motifs is 1. The fraction of sp³-hybridized carbons (Fsp3) is 0.0833. The van der Waals surface area contributed by atoms with Crippen LogP contribution in [0.15, 0.2) is 84.9 Å². The molecule has 2 aliphatic rings. The molecule has 2 aliphatic heterocycles. The summed E-state index contributed by atoms with van der Waals surface area (Å²) in [6.45, 7) is 0. The van der Waals surface area contributed by atoms with Gasteiger partial charge in [0.05, 0.1) is 17.2 Å². The molecule has 0 aromatic heterocycles. The van der Waals surface area contributed by atoms with Crippen molar-refractivity contribution in [2.45, 2.75) is 12.1 Å². The Kier molecular flexibility index (Phi) is 3.82. The van der Waals surface area contributed by atoms with E-state index < -0.39 is 0 Å². The van der Waals surface area contributed by atoms with Crippen LogP contribution in [-0.2, 0) is 0 Å². The van der Waals surface area contributed by atoms with Crippen molar-refractivity contribution in [2.24, 2.45) is 0 Å². The first-order valence-corrected chi connectivity index (χ1v) is 9.13. The van der Waals surface area contributed by atoms with E-state index in [0.29, 0.717) is 11.1 Å². The van der Waals surface area contributed by atoms with Gasteiger partial charge in [-0.1, -0.05) is 72.5 Å². The van der Waals surface area contributed by atoms with Crippen molar-refractivity contribution in [2.75, 3.05) is 0 Å². The van der Waals surface area contributed by atoms with Gasteiger partial charge in [0, 0.05) is 5.56 Å². The van der Waals surface area contributed by atoms with E-state index in [1.165, 1.54) is 5.01 Å². The first-order chi connectivity index (χ1) is 13.8. The summed E-state index contributed by atoms with van der Waals surface area (Å²) < 4.78 is 0. The maximum absolute atomic E-state index is 12.9. The van der Waals surface area contributed by atoms with Crippen LogP contribution >= 0.6 is 0 Å². The molecule has 3 aromatic carbocycles. The van der Waals surface area contributed by atoms with Gasteiger partial charge in [-0.3, -0.25) is 9.59 Å². The number of hydrazine groups is 1. The number of nitrogens with zero attached hydrogens (tertiary/aromatic N) is 2. The average Bonchev–Trinajstić information content (AvgIpc) is 3.40. The Morgan fingerprint density at radius 1 is 0.679 bits per heavy atom. The number of carbonyl (C=O) groups excluding carboxylic acids is 2. The molecule has 0 spiro atoms. The number of carbonyl (C=O) groups is 2. The second-order valence-electron chi connectivity index (χ2n) is 6.78. The van der Waals surface area contributed by atoms with Gasteiger partial charge in [-0.25, -0.2) is 0 Å². The third-order valence-electron chi connectivity index (χ3n) is 5.06. The third-order valence-corrected chi connectivity index (χ3v) is 5.06. The molecule has 0 aliphatic carbocycles. The molecule has 0 N–H and O–H groups in total. The van der Waals surface area contributed by atoms with E-state index >= 15 is 0 Å². The second kappa shape index (κ2) is 6.49. The van der Waals surface area contributed by atoms with Crippen LogP contribution in [0, 0.1) is 11.8 Å². The van der Waals surface area contributed by atoms with Crippen LogP contribution in [0.2, 0.25) is 0 Å². The quantitative estimate of drug-likeness (QED) is 0.396. The molecule has 1 unspecified atom stereocenters. The highest BCUT2D eigenvalue weighted by Gasteiger charge is 2.57. The molecule has 0 saturated carbocycles. The summed E-state index contributed by atoms with van der Waals surface area (Å²) in [6, 6.07) is 26.1. The van der Waals surface area contributed by atoms with E-state index in [1.54, 1.807) is 29.3 Å². The molecule has 0 bridgehead atoms. The summed E-state index contributed by atoms with van der Waals surface area (Å²) in [6.07, 6.45) is 0. The van der Waals surface area contributed by atoms with Gasteiger partial charge in [0.15, 0.2) is 0 Å². The monoisotopic (exact) mass is 364 g/mol. The van der Waals surface area contributed by atoms with E-state index in [4.69, 9.17) is 0 Å². The Hall–Kier alpha value is -3.68. The number of amides is 2. The van der Waals surface area contributed by atoms with E-state index in [0.717, 1.165) is 11.1 Å². The Bertz CT molecular complexity index is 1090. The minimum Gasteiger partial charge on any atom is -0.267 e. The SMILES string of the molecule is O=C1c2ccccc2C(=O)N1N1[C@H](C#Cc2ccccc2)[C@@H]1c1ccccc1. The van der Waals surface area contributed by atoms with Gasteiger partial charge >= 0.3 is 0 Å². The number of benzene rings is 3. The minimum atomic E-state index is -0.287. The van der Waals surface area contributed by atoms with Crippen molar-refractivity contribution in [1.82, 2.24) is 10.0 Å². The van der Waals surface area contributed by atoms with Gasteiger partial charge < -0.3 is 0 Å². The van der Waals surface area contributed by atoms with Gasteiger partial charge in [0.25, 0.3) is 11.8 Å². The smallest absolute Gasteiger partial charge is 0.267 e. The lowest BCUT2D eigenvalue weighted by Gasteiger charge is -2.15. The first kappa shape index (κ1) is 16.5. The summed E-state index contributed by atoms with van der Waals surface area (Å²) in [7, 11) is 0. The largest absolute Gasteiger partial charge is 0.276 e. The maximum atomic E-state index is 12.9. The molecule has 3 atom stereocenters. The number of hydrogen-bond acceptors (Lipinski definition) is 3. The van der Waals surface area contributed by atoms with E-state index in [2.05, 4.69) is 11.8 Å². The second-order valence-corrected chi connectivity index (χ2v) is 6.78. The normalized spacial score (nSPS) is 22.4. The van der Waals surface area contributed by atoms with E-state index in [9.17, 15) is 9.59 Å². The van der Waals surface area contributed by atoms with Crippen molar-refractivity contribution in [3.05, 3.63) is 107 Å². The zero-order valence-electron chi connectivity index (χ0n) is 14.9. The summed E-state index contributed by atoms with van der Waals surface area (Å²) >= 11 is 0. The summed E-state index contributed by atoms with van der Waals surface area (Å²) in [4.78, 5) is 25.8. The lowest BCUT2D eigenvalue weighted by Crippen LogP contribution is -2.36. The molecule has 2 heterocycles. The van der Waals surface area contributed by atoms with Crippen molar-refractivity contribution < 1.29 is 9.59 Å². The molecular formula is C24H16N2O2. The molecular weight excluding hydrogens is 348 g/mol. The Labute approximate surface area is 163 Å². The van der Waals surface area contributed by atoms with Crippen molar-refractivity contribution in [1.29, 1.82) is 0 Å². The first-order valence-electron chi connectivity index (χ1n) is 9.13. The summed E-state index contributed by atoms with van der Waals surface area (Å²) in [5.41, 5.74) is 2.83. The zero-order chi connectivity index (χ0) is 19.1. The lowest BCUT2D eigenvalue weighted by molar-refractivity contribution is 0.0355. The van der Waals surface area contributed by atoms with Crippen LogP contribution in [0.1, 0.15) is 37.9 Å². The number of hydrogen-bond donors (Lipinski definition) is 0. The third kappa shape index (κ3) is 2.61. The molecule has 2 amide bonds. The lowest BCUT2D eigenvalue weighted by atomic mass is 10.1. The molecule has 28 heavy (non-hydrogen) atoms. The standard InChI is InChI=1S/C24H16N2O2/c27-23-19-13-7-8-14-20(19)24(28)26(23)25-21(16-15-17-9-3-1-4-10-17)22(25)18-11-5-2-6-12-18/h1-14,21-22H/t21-,22+,25?/m1/s1. The highest BCUT2D eigenvalue weighted by Crippen LogP contribution is 2.46. The predicted molar refractivity (Wildman–Crippen MR) is 105 cm³/mol. The summed E-state index contributed by atoms with van der Waals surface area (Å²) in [5.74, 6) is 5.84. The molecule has 3 aromatic rings. The van der Waals surface area contributed by atoms with Crippen molar-refractivity contribution in [3.8, 4) is 11.8 Å². The van der Waals surface area contributed by atoms with E-state index in [1.807, 2.05) is 60.7 Å². The van der Waals surface area contributed by atoms with Crippen molar-refractivity contribution >= 4 is 11.8 Å². The van der Waals surface area contributed by atoms with Gasteiger partial charge in [0.1, 0.15) is 6.04 Å². The molecule has 4 heteroatoms. The average molecular weight is 364 g/mol. The van der Waals surface area contributed by atoms with Crippen molar-refractivity contribution in [3.63, 3.8) is 0 Å². The Balaban J connectivity index is 1.51. The summed E-state index contributed by atoms with van der Waals surface area (Å²) in [5, 5.41) is 3.04. The van der Waals surface area contributed by atoms with Crippen LogP contribution in [-0.4, -0.2) is 27.9 Å².